The van der Waals surface area contributed by atoms with Crippen LogP contribution < -0.4 is 15.4 Å². The van der Waals surface area contributed by atoms with Crippen LogP contribution in [-0.4, -0.2) is 25.6 Å². The van der Waals surface area contributed by atoms with Gasteiger partial charge in [0.2, 0.25) is 15.9 Å². The third-order valence-corrected chi connectivity index (χ3v) is 7.46. The van der Waals surface area contributed by atoms with Crippen molar-refractivity contribution in [2.24, 2.45) is 0 Å². The van der Waals surface area contributed by atoms with Crippen LogP contribution in [0.4, 0.5) is 22.7 Å². The molecule has 202 valence electrons. The van der Waals surface area contributed by atoms with Gasteiger partial charge in [-0.3, -0.25) is 4.79 Å². The Hall–Kier alpha value is -3.36. The summed E-state index contributed by atoms with van der Waals surface area (Å²) in [5.41, 5.74) is 10.2. The number of carbonyl (C=O) groups excluding carboxylic acids is 1. The summed E-state index contributed by atoms with van der Waals surface area (Å²) in [4.78, 5) is 17.6. The van der Waals surface area contributed by atoms with E-state index in [1.165, 1.54) is 6.42 Å². The Labute approximate surface area is 230 Å². The lowest BCUT2D eigenvalue weighted by molar-refractivity contribution is -0.117. The second kappa shape index (κ2) is 12.9. The minimum absolute atomic E-state index is 0. The number of halogens is 1. The fourth-order valence-corrected chi connectivity index (χ4v) is 5.51. The molecule has 0 radical (unpaired) electrons. The number of hydrogen-bond acceptors (Lipinski definition) is 6. The fourth-order valence-electron chi connectivity index (χ4n) is 4.55. The molecule has 0 aliphatic carbocycles. The average molecular weight is 555 g/mol. The van der Waals surface area contributed by atoms with Crippen LogP contribution in [0.15, 0.2) is 66.7 Å². The average Bonchev–Trinajstić information content (AvgIpc) is 2.86. The maximum absolute atomic E-state index is 12.9. The van der Waals surface area contributed by atoms with Gasteiger partial charge < -0.3 is 11.1 Å². The van der Waals surface area contributed by atoms with Gasteiger partial charge in [0.05, 0.1) is 28.7 Å². The molecule has 0 saturated carbocycles. The van der Waals surface area contributed by atoms with Crippen LogP contribution in [0.3, 0.4) is 0 Å². The molecule has 9 heteroatoms. The van der Waals surface area contributed by atoms with Gasteiger partial charge in [-0.15, -0.1) is 12.4 Å². The Balaban J connectivity index is 0.00000400. The van der Waals surface area contributed by atoms with Gasteiger partial charge in [-0.05, 0) is 55.0 Å². The molecule has 0 bridgehead atoms. The lowest BCUT2D eigenvalue weighted by Gasteiger charge is -2.21. The number of nitrogen functional groups attached to an aromatic ring is 1. The number of benzene rings is 3. The standard InChI is InChI=1S/C29H34N4O3S.ClH/c1-3-4-5-6-7-8-13-28(34)33(37(2,35)36)23-17-15-22(16-18-23)31-29-24-11-9-10-12-26(24)32-27-20-21(30)14-19-25(27)29;/h9-12,14-20H,3-8,13,30H2,1-2H3,(H,31,32);1H. The topological polar surface area (TPSA) is 105 Å². The van der Waals surface area contributed by atoms with Crippen molar-refractivity contribution in [1.82, 2.24) is 4.98 Å². The van der Waals surface area contributed by atoms with E-state index >= 15 is 0 Å². The zero-order chi connectivity index (χ0) is 26.4. The molecule has 7 nitrogen and oxygen atoms in total. The third-order valence-electron chi connectivity index (χ3n) is 6.38. The smallest absolute Gasteiger partial charge is 0.240 e. The molecule has 3 aromatic carbocycles. The van der Waals surface area contributed by atoms with Crippen LogP contribution in [0.1, 0.15) is 51.9 Å². The molecule has 4 aromatic rings. The van der Waals surface area contributed by atoms with Crippen LogP contribution in [0.5, 0.6) is 0 Å². The highest BCUT2D eigenvalue weighted by molar-refractivity contribution is 7.92. The molecule has 0 atom stereocenters. The lowest BCUT2D eigenvalue weighted by Crippen LogP contribution is -2.36. The minimum Gasteiger partial charge on any atom is -0.399 e. The Morgan fingerprint density at radius 2 is 1.55 bits per heavy atom. The van der Waals surface area contributed by atoms with Crippen molar-refractivity contribution in [2.45, 2.75) is 51.9 Å². The van der Waals surface area contributed by atoms with Gasteiger partial charge in [0.1, 0.15) is 0 Å². The number of nitrogens with zero attached hydrogens (tertiary/aromatic N) is 2. The first-order valence-corrected chi connectivity index (χ1v) is 14.6. The first-order chi connectivity index (χ1) is 17.8. The molecule has 1 aromatic heterocycles. The maximum Gasteiger partial charge on any atom is 0.240 e. The second-order valence-electron chi connectivity index (χ2n) is 9.39. The Kier molecular flexibility index (Phi) is 9.94. The van der Waals surface area contributed by atoms with Gasteiger partial charge in [-0.2, -0.15) is 0 Å². The SMILES string of the molecule is CCCCCCCCC(=O)N(c1ccc(Nc2c3ccccc3nc3cc(N)ccc23)cc1)S(C)(=O)=O.Cl. The molecule has 1 heterocycles. The number of para-hydroxylation sites is 1. The second-order valence-corrected chi connectivity index (χ2v) is 11.2. The van der Waals surface area contributed by atoms with E-state index in [1.54, 1.807) is 24.3 Å². The van der Waals surface area contributed by atoms with Crippen molar-refractivity contribution >= 4 is 72.9 Å². The molecule has 0 aliphatic heterocycles. The number of unbranched alkanes of at least 4 members (excludes halogenated alkanes) is 5. The number of anilines is 4. The summed E-state index contributed by atoms with van der Waals surface area (Å²) in [5, 5.41) is 5.34. The quantitative estimate of drug-likeness (QED) is 0.115. The van der Waals surface area contributed by atoms with Crippen molar-refractivity contribution in [3.05, 3.63) is 66.7 Å². The predicted molar refractivity (Wildman–Crippen MR) is 161 cm³/mol. The number of amides is 1. The summed E-state index contributed by atoms with van der Waals surface area (Å²) < 4.78 is 26.0. The van der Waals surface area contributed by atoms with Crippen molar-refractivity contribution in [2.75, 3.05) is 21.6 Å². The van der Waals surface area contributed by atoms with Gasteiger partial charge in [0, 0.05) is 28.6 Å². The molecule has 4 rings (SSSR count). The van der Waals surface area contributed by atoms with Crippen LogP contribution in [0.25, 0.3) is 21.8 Å². The monoisotopic (exact) mass is 554 g/mol. The summed E-state index contributed by atoms with van der Waals surface area (Å²) >= 11 is 0. The highest BCUT2D eigenvalue weighted by atomic mass is 35.5. The fraction of sp³-hybridized carbons (Fsp3) is 0.310. The van der Waals surface area contributed by atoms with Crippen LogP contribution in [0.2, 0.25) is 0 Å². The van der Waals surface area contributed by atoms with Crippen LogP contribution in [-0.2, 0) is 14.8 Å². The number of sulfonamides is 1. The van der Waals surface area contributed by atoms with E-state index in [0.717, 1.165) is 69.4 Å². The molecule has 0 aliphatic rings. The van der Waals surface area contributed by atoms with Crippen molar-refractivity contribution in [1.29, 1.82) is 0 Å². The third kappa shape index (κ3) is 6.94. The number of nitrogens with one attached hydrogen (secondary N) is 1. The number of rotatable bonds is 11. The van der Waals surface area contributed by atoms with Gasteiger partial charge in [0.15, 0.2) is 0 Å². The highest BCUT2D eigenvalue weighted by Gasteiger charge is 2.24. The summed E-state index contributed by atoms with van der Waals surface area (Å²) in [7, 11) is -3.76. The molecule has 3 N–H and O–H groups in total. The van der Waals surface area contributed by atoms with E-state index in [0.29, 0.717) is 17.8 Å². The molecule has 0 fully saturated rings. The minimum atomic E-state index is -3.76. The van der Waals surface area contributed by atoms with Crippen molar-refractivity contribution in [3.63, 3.8) is 0 Å². The Bertz CT molecular complexity index is 1510. The molecule has 1 amide bonds. The summed E-state index contributed by atoms with van der Waals surface area (Å²) in [5.74, 6) is -0.401. The normalized spacial score (nSPS) is 11.3. The molecule has 0 unspecified atom stereocenters. The highest BCUT2D eigenvalue weighted by Crippen LogP contribution is 2.34. The Morgan fingerprint density at radius 1 is 0.895 bits per heavy atom. The number of aromatic nitrogens is 1. The van der Waals surface area contributed by atoms with E-state index in [9.17, 15) is 13.2 Å². The zero-order valence-corrected chi connectivity index (χ0v) is 23.4. The van der Waals surface area contributed by atoms with E-state index in [4.69, 9.17) is 10.7 Å². The summed E-state index contributed by atoms with van der Waals surface area (Å²) in [6.07, 6.45) is 7.43. The molecule has 0 spiro atoms. The molecule has 0 saturated heterocycles. The maximum atomic E-state index is 12.9. The van der Waals surface area contributed by atoms with Gasteiger partial charge in [-0.1, -0.05) is 57.2 Å². The first-order valence-electron chi connectivity index (χ1n) is 12.8. The van der Waals surface area contributed by atoms with E-state index in [1.807, 2.05) is 42.5 Å². The number of fused-ring (bicyclic) bond motifs is 2. The largest absolute Gasteiger partial charge is 0.399 e. The zero-order valence-electron chi connectivity index (χ0n) is 21.8. The molecule has 38 heavy (non-hydrogen) atoms. The van der Waals surface area contributed by atoms with Crippen LogP contribution >= 0.6 is 12.4 Å². The number of pyridine rings is 1. The van der Waals surface area contributed by atoms with Crippen molar-refractivity contribution < 1.29 is 13.2 Å². The molecular weight excluding hydrogens is 520 g/mol. The van der Waals surface area contributed by atoms with Gasteiger partial charge in [0.25, 0.3) is 0 Å². The number of hydrogen-bond donors (Lipinski definition) is 2. The van der Waals surface area contributed by atoms with Crippen molar-refractivity contribution in [3.8, 4) is 0 Å². The lowest BCUT2D eigenvalue weighted by atomic mass is 10.1. The van der Waals surface area contributed by atoms with E-state index < -0.39 is 15.9 Å². The number of carbonyl (C=O) groups is 1. The predicted octanol–water partition coefficient (Wildman–Crippen LogP) is 7.18. The van der Waals surface area contributed by atoms with Gasteiger partial charge >= 0.3 is 0 Å². The van der Waals surface area contributed by atoms with Gasteiger partial charge in [-0.25, -0.2) is 17.7 Å². The van der Waals surface area contributed by atoms with E-state index in [-0.39, 0.29) is 18.8 Å². The Morgan fingerprint density at radius 3 is 2.26 bits per heavy atom. The summed E-state index contributed by atoms with van der Waals surface area (Å²) in [6.45, 7) is 2.16. The van der Waals surface area contributed by atoms with Crippen LogP contribution in [0, 0.1) is 0 Å². The number of nitrogens with two attached hydrogens (primary N) is 1. The first kappa shape index (κ1) is 29.2. The van der Waals surface area contributed by atoms with E-state index in [2.05, 4.69) is 12.2 Å². The molecular formula is C29H35ClN4O3S. The summed E-state index contributed by atoms with van der Waals surface area (Å²) in [6, 6.07) is 20.3.